The highest BCUT2D eigenvalue weighted by atomic mass is 35.5. The van der Waals surface area contributed by atoms with Crippen LogP contribution in [0.3, 0.4) is 0 Å². The van der Waals surface area contributed by atoms with Gasteiger partial charge in [-0.1, -0.05) is 91.0 Å². The summed E-state index contributed by atoms with van der Waals surface area (Å²) in [7, 11) is -2.53. The molecule has 43 heavy (non-hydrogen) atoms. The molecule has 0 aliphatic heterocycles. The number of carbonyl (C=O) groups is 2. The first-order valence-corrected chi connectivity index (χ1v) is 16.8. The van der Waals surface area contributed by atoms with E-state index in [1.807, 2.05) is 61.5 Å². The van der Waals surface area contributed by atoms with Crippen molar-refractivity contribution >= 4 is 39.1 Å². The number of halogens is 1. The molecule has 3 aromatic rings. The van der Waals surface area contributed by atoms with Gasteiger partial charge in [-0.05, 0) is 49.1 Å². The van der Waals surface area contributed by atoms with Crippen molar-refractivity contribution in [2.45, 2.75) is 64.1 Å². The van der Waals surface area contributed by atoms with Crippen LogP contribution in [-0.4, -0.2) is 57.1 Å². The molecule has 1 fully saturated rings. The molecule has 0 aromatic heterocycles. The summed E-state index contributed by atoms with van der Waals surface area (Å²) in [6.45, 7) is 1.56. The first-order valence-electron chi connectivity index (χ1n) is 14.6. The summed E-state index contributed by atoms with van der Waals surface area (Å²) < 4.78 is 32.6. The number of nitrogens with one attached hydrogen (secondary N) is 1. The van der Waals surface area contributed by atoms with Gasteiger partial charge in [0.2, 0.25) is 21.8 Å². The van der Waals surface area contributed by atoms with E-state index in [0.29, 0.717) is 5.02 Å². The van der Waals surface area contributed by atoms with E-state index in [9.17, 15) is 18.0 Å². The van der Waals surface area contributed by atoms with E-state index in [1.54, 1.807) is 12.1 Å². The molecule has 1 aliphatic rings. The van der Waals surface area contributed by atoms with Crippen molar-refractivity contribution in [3.8, 4) is 5.75 Å². The van der Waals surface area contributed by atoms with Crippen LogP contribution < -0.4 is 14.4 Å². The number of hydrogen-bond donors (Lipinski definition) is 1. The molecule has 4 rings (SSSR count). The molecule has 1 N–H and O–H groups in total. The second-order valence-electron chi connectivity index (χ2n) is 11.1. The summed E-state index contributed by atoms with van der Waals surface area (Å²) in [5.74, 6) is -0.515. The fraction of sp³-hybridized carbons (Fsp3) is 0.394. The summed E-state index contributed by atoms with van der Waals surface area (Å²) in [5, 5.41) is 3.50. The van der Waals surface area contributed by atoms with Gasteiger partial charge in [0.15, 0.2) is 0 Å². The zero-order valence-corrected chi connectivity index (χ0v) is 26.5. The quantitative estimate of drug-likeness (QED) is 0.286. The molecule has 8 nitrogen and oxygen atoms in total. The average Bonchev–Trinajstić information content (AvgIpc) is 2.99. The third-order valence-corrected chi connectivity index (χ3v) is 9.15. The molecular weight excluding hydrogens is 586 g/mol. The van der Waals surface area contributed by atoms with E-state index in [-0.39, 0.29) is 36.4 Å². The maximum Gasteiger partial charge on any atom is 0.244 e. The van der Waals surface area contributed by atoms with Crippen molar-refractivity contribution in [1.82, 2.24) is 10.2 Å². The molecule has 0 bridgehead atoms. The fourth-order valence-corrected chi connectivity index (χ4v) is 6.45. The molecule has 1 saturated carbocycles. The topological polar surface area (TPSA) is 96.0 Å². The Bertz CT molecular complexity index is 1490. The molecule has 0 heterocycles. The van der Waals surface area contributed by atoms with Crippen molar-refractivity contribution in [3.05, 3.63) is 94.5 Å². The molecule has 1 atom stereocenters. The summed E-state index contributed by atoms with van der Waals surface area (Å²) in [6, 6.07) is 21.0. The Labute approximate surface area is 260 Å². The number of benzene rings is 3. The number of amides is 2. The Balaban J connectivity index is 1.75. The number of sulfonamides is 1. The Morgan fingerprint density at radius 2 is 1.65 bits per heavy atom. The van der Waals surface area contributed by atoms with Crippen LogP contribution in [0, 0.1) is 6.92 Å². The van der Waals surface area contributed by atoms with Crippen LogP contribution in [0.4, 0.5) is 5.69 Å². The lowest BCUT2D eigenvalue weighted by Gasteiger charge is -2.35. The lowest BCUT2D eigenvalue weighted by atomic mass is 9.94. The Morgan fingerprint density at radius 1 is 0.977 bits per heavy atom. The molecule has 2 amide bonds. The average molecular weight is 626 g/mol. The van der Waals surface area contributed by atoms with E-state index in [0.717, 1.165) is 59.4 Å². The second-order valence-corrected chi connectivity index (χ2v) is 13.5. The minimum absolute atomic E-state index is 0.0408. The fourth-order valence-electron chi connectivity index (χ4n) is 5.44. The minimum atomic E-state index is -3.96. The van der Waals surface area contributed by atoms with Gasteiger partial charge in [0.05, 0.1) is 19.1 Å². The standard InChI is InChI=1S/C33H40ClN3O5S/c1-24-14-16-26(17-15-24)22-36(32(38)23-37(43(3,40)41)29-21-27(34)18-19-31(29)42-2)30(20-25-10-6-4-7-11-25)33(39)35-28-12-8-5-9-13-28/h4,6-7,10-11,14-19,21,28,30H,5,8-9,12-13,20,22-23H2,1-3H3,(H,35,39)/t30-/m0/s1. The van der Waals surface area contributed by atoms with Crippen molar-refractivity contribution in [2.75, 3.05) is 24.2 Å². The van der Waals surface area contributed by atoms with E-state index < -0.39 is 28.5 Å². The molecule has 0 saturated heterocycles. The third kappa shape index (κ3) is 8.97. The highest BCUT2D eigenvalue weighted by Gasteiger charge is 2.34. The second kappa shape index (κ2) is 14.8. The van der Waals surface area contributed by atoms with Gasteiger partial charge < -0.3 is 15.0 Å². The predicted molar refractivity (Wildman–Crippen MR) is 171 cm³/mol. The maximum atomic E-state index is 14.3. The van der Waals surface area contributed by atoms with Crippen LogP contribution in [-0.2, 0) is 32.6 Å². The molecule has 3 aromatic carbocycles. The minimum Gasteiger partial charge on any atom is -0.495 e. The van der Waals surface area contributed by atoms with Crippen molar-refractivity contribution in [2.24, 2.45) is 0 Å². The SMILES string of the molecule is COc1ccc(Cl)cc1N(CC(=O)N(Cc1ccc(C)cc1)[C@@H](Cc1ccccc1)C(=O)NC1CCCCC1)S(C)(=O)=O. The number of anilines is 1. The Kier molecular flexibility index (Phi) is 11.1. The predicted octanol–water partition coefficient (Wildman–Crippen LogP) is 5.51. The van der Waals surface area contributed by atoms with Crippen LogP contribution in [0.2, 0.25) is 5.02 Å². The number of rotatable bonds is 12. The van der Waals surface area contributed by atoms with E-state index in [2.05, 4.69) is 5.32 Å². The van der Waals surface area contributed by atoms with Gasteiger partial charge in [-0.2, -0.15) is 0 Å². The molecular formula is C33H40ClN3O5S. The largest absolute Gasteiger partial charge is 0.495 e. The lowest BCUT2D eigenvalue weighted by Crippen LogP contribution is -2.55. The molecule has 0 radical (unpaired) electrons. The molecule has 1 aliphatic carbocycles. The zero-order chi connectivity index (χ0) is 31.0. The van der Waals surface area contributed by atoms with E-state index >= 15 is 0 Å². The van der Waals surface area contributed by atoms with Crippen LogP contribution in [0.5, 0.6) is 5.75 Å². The highest BCUT2D eigenvalue weighted by molar-refractivity contribution is 7.92. The van der Waals surface area contributed by atoms with Gasteiger partial charge in [0.1, 0.15) is 18.3 Å². The third-order valence-electron chi connectivity index (χ3n) is 7.78. The summed E-state index contributed by atoms with van der Waals surface area (Å²) >= 11 is 6.24. The van der Waals surface area contributed by atoms with E-state index in [4.69, 9.17) is 16.3 Å². The van der Waals surface area contributed by atoms with Crippen LogP contribution >= 0.6 is 11.6 Å². The maximum absolute atomic E-state index is 14.3. The molecule has 230 valence electrons. The van der Waals surface area contributed by atoms with Gasteiger partial charge in [0, 0.05) is 24.0 Å². The number of ether oxygens (including phenoxy) is 1. The molecule has 0 unspecified atom stereocenters. The first kappa shape index (κ1) is 32.4. The smallest absolute Gasteiger partial charge is 0.244 e. The summed E-state index contributed by atoms with van der Waals surface area (Å²) in [5.41, 5.74) is 2.93. The zero-order valence-electron chi connectivity index (χ0n) is 25.0. The number of aryl methyl sites for hydroxylation is 1. The number of carbonyl (C=O) groups excluding carboxylic acids is 2. The van der Waals surface area contributed by atoms with Gasteiger partial charge >= 0.3 is 0 Å². The highest BCUT2D eigenvalue weighted by Crippen LogP contribution is 2.33. The van der Waals surface area contributed by atoms with Gasteiger partial charge in [-0.25, -0.2) is 8.42 Å². The normalized spacial score (nSPS) is 14.5. The summed E-state index contributed by atoms with van der Waals surface area (Å²) in [6.07, 6.45) is 6.33. The van der Waals surface area contributed by atoms with Crippen LogP contribution in [0.25, 0.3) is 0 Å². The van der Waals surface area contributed by atoms with Gasteiger partial charge in [-0.3, -0.25) is 13.9 Å². The summed E-state index contributed by atoms with van der Waals surface area (Å²) in [4.78, 5) is 29.9. The lowest BCUT2D eigenvalue weighted by molar-refractivity contribution is -0.140. The van der Waals surface area contributed by atoms with E-state index in [1.165, 1.54) is 18.1 Å². The van der Waals surface area contributed by atoms with Crippen LogP contribution in [0.15, 0.2) is 72.8 Å². The van der Waals surface area contributed by atoms with Crippen molar-refractivity contribution in [3.63, 3.8) is 0 Å². The molecule has 10 heteroatoms. The Hall–Kier alpha value is -3.56. The Morgan fingerprint density at radius 3 is 2.28 bits per heavy atom. The number of hydrogen-bond acceptors (Lipinski definition) is 5. The number of nitrogens with zero attached hydrogens (tertiary/aromatic N) is 2. The monoisotopic (exact) mass is 625 g/mol. The molecule has 0 spiro atoms. The van der Waals surface area contributed by atoms with Crippen molar-refractivity contribution in [1.29, 1.82) is 0 Å². The van der Waals surface area contributed by atoms with Gasteiger partial charge in [0.25, 0.3) is 0 Å². The van der Waals surface area contributed by atoms with Crippen molar-refractivity contribution < 1.29 is 22.7 Å². The first-order chi connectivity index (χ1) is 20.5. The number of methoxy groups -OCH3 is 1. The van der Waals surface area contributed by atoms with Crippen LogP contribution in [0.1, 0.15) is 48.8 Å². The van der Waals surface area contributed by atoms with Gasteiger partial charge in [-0.15, -0.1) is 0 Å².